The van der Waals surface area contributed by atoms with Crippen LogP contribution in [0.1, 0.15) is 38.8 Å². The van der Waals surface area contributed by atoms with Crippen LogP contribution in [0.15, 0.2) is 24.3 Å². The van der Waals surface area contributed by atoms with Crippen LogP contribution in [0.3, 0.4) is 0 Å². The van der Waals surface area contributed by atoms with Crippen LogP contribution in [0.25, 0.3) is 0 Å². The van der Waals surface area contributed by atoms with Crippen LogP contribution in [0.5, 0.6) is 0 Å². The number of rotatable bonds is 2. The lowest BCUT2D eigenvalue weighted by Gasteiger charge is -2.23. The molecule has 1 nitrogen and oxygen atoms in total. The van der Waals surface area contributed by atoms with Gasteiger partial charge < -0.3 is 5.73 Å². The van der Waals surface area contributed by atoms with E-state index in [0.29, 0.717) is 0 Å². The molecule has 1 aromatic carbocycles. The molecule has 0 aliphatic rings. The fourth-order valence-electron chi connectivity index (χ4n) is 1.49. The molecule has 0 fully saturated rings. The van der Waals surface area contributed by atoms with E-state index in [4.69, 9.17) is 17.3 Å². The van der Waals surface area contributed by atoms with Crippen molar-refractivity contribution in [2.45, 2.75) is 33.2 Å². The molecule has 0 saturated carbocycles. The fourth-order valence-corrected chi connectivity index (χ4v) is 1.61. The fraction of sp³-hybridized carbons (Fsp3) is 0.500. The first-order valence-electron chi connectivity index (χ1n) is 4.89. The Labute approximate surface area is 91.3 Å². The van der Waals surface area contributed by atoms with Gasteiger partial charge in [0.15, 0.2) is 0 Å². The van der Waals surface area contributed by atoms with E-state index in [1.54, 1.807) is 0 Å². The zero-order valence-electron chi connectivity index (χ0n) is 9.05. The minimum atomic E-state index is 0.104. The summed E-state index contributed by atoms with van der Waals surface area (Å²) < 4.78 is 0. The maximum atomic E-state index is 6.09. The van der Waals surface area contributed by atoms with Gasteiger partial charge in [-0.1, -0.05) is 44.5 Å². The molecule has 0 aromatic heterocycles. The van der Waals surface area contributed by atoms with E-state index in [9.17, 15) is 0 Å². The predicted molar refractivity (Wildman–Crippen MR) is 62.5 cm³/mol. The van der Waals surface area contributed by atoms with Crippen molar-refractivity contribution in [2.75, 3.05) is 0 Å². The standard InChI is InChI=1S/C12H18ClN/c1-12(2,3)8-11(14)9-4-6-10(13)7-5-9/h4-7,11H,8,14H2,1-3H3/t11-/m1/s1. The maximum absolute atomic E-state index is 6.09. The second kappa shape index (κ2) is 4.33. The van der Waals surface area contributed by atoms with Crippen molar-refractivity contribution < 1.29 is 0 Å². The maximum Gasteiger partial charge on any atom is 0.0406 e. The summed E-state index contributed by atoms with van der Waals surface area (Å²) in [6, 6.07) is 7.88. The lowest BCUT2D eigenvalue weighted by molar-refractivity contribution is 0.343. The molecule has 0 spiro atoms. The molecule has 0 unspecified atom stereocenters. The van der Waals surface area contributed by atoms with E-state index in [2.05, 4.69) is 20.8 Å². The third kappa shape index (κ3) is 3.69. The molecule has 0 radical (unpaired) electrons. The van der Waals surface area contributed by atoms with E-state index >= 15 is 0 Å². The minimum Gasteiger partial charge on any atom is -0.324 e. The largest absolute Gasteiger partial charge is 0.324 e. The van der Waals surface area contributed by atoms with Gasteiger partial charge in [-0.05, 0) is 29.5 Å². The van der Waals surface area contributed by atoms with Crippen LogP contribution in [0, 0.1) is 5.41 Å². The number of benzene rings is 1. The summed E-state index contributed by atoms with van der Waals surface area (Å²) in [4.78, 5) is 0. The van der Waals surface area contributed by atoms with E-state index in [1.165, 1.54) is 0 Å². The van der Waals surface area contributed by atoms with Crippen molar-refractivity contribution in [3.05, 3.63) is 34.9 Å². The number of nitrogens with two attached hydrogens (primary N) is 1. The summed E-state index contributed by atoms with van der Waals surface area (Å²) in [7, 11) is 0. The normalized spacial score (nSPS) is 14.1. The molecule has 0 heterocycles. The Bertz CT molecular complexity index is 284. The average Bonchev–Trinajstić information content (AvgIpc) is 2.02. The molecular weight excluding hydrogens is 194 g/mol. The summed E-state index contributed by atoms with van der Waals surface area (Å²) in [5.41, 5.74) is 7.51. The lowest BCUT2D eigenvalue weighted by Crippen LogP contribution is -2.18. The first kappa shape index (κ1) is 11.5. The highest BCUT2D eigenvalue weighted by Crippen LogP contribution is 2.28. The highest BCUT2D eigenvalue weighted by Gasteiger charge is 2.16. The quantitative estimate of drug-likeness (QED) is 0.792. The van der Waals surface area contributed by atoms with Crippen molar-refractivity contribution >= 4 is 11.6 Å². The lowest BCUT2D eigenvalue weighted by atomic mass is 9.86. The van der Waals surface area contributed by atoms with Gasteiger partial charge in [0.2, 0.25) is 0 Å². The summed E-state index contributed by atoms with van der Waals surface area (Å²) in [6.07, 6.45) is 0.981. The van der Waals surface area contributed by atoms with Crippen molar-refractivity contribution in [3.8, 4) is 0 Å². The number of hydrogen-bond donors (Lipinski definition) is 1. The van der Waals surface area contributed by atoms with Crippen LogP contribution >= 0.6 is 11.6 Å². The Hall–Kier alpha value is -0.530. The van der Waals surface area contributed by atoms with Crippen LogP contribution in [0.2, 0.25) is 5.02 Å². The molecule has 0 aliphatic carbocycles. The molecule has 2 heteroatoms. The Morgan fingerprint density at radius 2 is 1.71 bits per heavy atom. The molecule has 2 N–H and O–H groups in total. The Balaban J connectivity index is 2.70. The molecule has 78 valence electrons. The smallest absolute Gasteiger partial charge is 0.0406 e. The summed E-state index contributed by atoms with van der Waals surface area (Å²) in [5, 5.41) is 0.761. The number of halogens is 1. The summed E-state index contributed by atoms with van der Waals surface area (Å²) in [6.45, 7) is 6.59. The Morgan fingerprint density at radius 3 is 2.14 bits per heavy atom. The van der Waals surface area contributed by atoms with Gasteiger partial charge in [-0.3, -0.25) is 0 Å². The molecule has 0 amide bonds. The molecule has 0 aliphatic heterocycles. The van der Waals surface area contributed by atoms with Crippen molar-refractivity contribution in [2.24, 2.45) is 11.1 Å². The second-order valence-corrected chi connectivity index (χ2v) is 5.36. The molecule has 1 rings (SSSR count). The van der Waals surface area contributed by atoms with Crippen LogP contribution in [0.4, 0.5) is 0 Å². The zero-order valence-corrected chi connectivity index (χ0v) is 9.81. The SMILES string of the molecule is CC(C)(C)C[C@@H](N)c1ccc(Cl)cc1. The summed E-state index contributed by atoms with van der Waals surface area (Å²) >= 11 is 5.81. The van der Waals surface area contributed by atoms with Crippen LogP contribution < -0.4 is 5.73 Å². The van der Waals surface area contributed by atoms with Crippen molar-refractivity contribution in [1.29, 1.82) is 0 Å². The van der Waals surface area contributed by atoms with Gasteiger partial charge in [0.25, 0.3) is 0 Å². The zero-order chi connectivity index (χ0) is 10.8. The van der Waals surface area contributed by atoms with Crippen molar-refractivity contribution in [3.63, 3.8) is 0 Å². The van der Waals surface area contributed by atoms with E-state index in [-0.39, 0.29) is 11.5 Å². The van der Waals surface area contributed by atoms with Gasteiger partial charge >= 0.3 is 0 Å². The molecule has 0 saturated heterocycles. The molecule has 0 bridgehead atoms. The first-order valence-corrected chi connectivity index (χ1v) is 5.27. The number of hydrogen-bond acceptors (Lipinski definition) is 1. The monoisotopic (exact) mass is 211 g/mol. The first-order chi connectivity index (χ1) is 6.38. The second-order valence-electron chi connectivity index (χ2n) is 4.92. The average molecular weight is 212 g/mol. The van der Waals surface area contributed by atoms with E-state index < -0.39 is 0 Å². The Morgan fingerprint density at radius 1 is 1.21 bits per heavy atom. The van der Waals surface area contributed by atoms with E-state index in [0.717, 1.165) is 17.0 Å². The predicted octanol–water partition coefficient (Wildman–Crippen LogP) is 3.78. The van der Waals surface area contributed by atoms with E-state index in [1.807, 2.05) is 24.3 Å². The Kier molecular flexibility index (Phi) is 3.57. The molecule has 14 heavy (non-hydrogen) atoms. The van der Waals surface area contributed by atoms with Crippen molar-refractivity contribution in [1.82, 2.24) is 0 Å². The van der Waals surface area contributed by atoms with Crippen LogP contribution in [-0.2, 0) is 0 Å². The highest BCUT2D eigenvalue weighted by molar-refractivity contribution is 6.30. The molecule has 1 atom stereocenters. The van der Waals surface area contributed by atoms with Gasteiger partial charge in [-0.25, -0.2) is 0 Å². The molecular formula is C12H18ClN. The topological polar surface area (TPSA) is 26.0 Å². The van der Waals surface area contributed by atoms with Crippen LogP contribution in [-0.4, -0.2) is 0 Å². The highest BCUT2D eigenvalue weighted by atomic mass is 35.5. The molecule has 1 aromatic rings. The van der Waals surface area contributed by atoms with Gasteiger partial charge in [-0.2, -0.15) is 0 Å². The van der Waals surface area contributed by atoms with Gasteiger partial charge in [-0.15, -0.1) is 0 Å². The third-order valence-electron chi connectivity index (χ3n) is 2.13. The minimum absolute atomic E-state index is 0.104. The van der Waals surface area contributed by atoms with Gasteiger partial charge in [0, 0.05) is 11.1 Å². The third-order valence-corrected chi connectivity index (χ3v) is 2.38. The van der Waals surface area contributed by atoms with Gasteiger partial charge in [0.05, 0.1) is 0 Å². The van der Waals surface area contributed by atoms with Gasteiger partial charge in [0.1, 0.15) is 0 Å². The summed E-state index contributed by atoms with van der Waals surface area (Å²) in [5.74, 6) is 0.